The van der Waals surface area contributed by atoms with Crippen LogP contribution >= 0.6 is 0 Å². The van der Waals surface area contributed by atoms with Crippen molar-refractivity contribution in [2.45, 2.75) is 0 Å². The van der Waals surface area contributed by atoms with Gasteiger partial charge in [0.1, 0.15) is 0 Å². The number of rotatable bonds is 4. The number of benzene rings is 2. The van der Waals surface area contributed by atoms with Crippen molar-refractivity contribution in [3.63, 3.8) is 0 Å². The number of aromatic carboxylic acids is 1. The summed E-state index contributed by atoms with van der Waals surface area (Å²) in [7, 11) is 0. The van der Waals surface area contributed by atoms with Crippen molar-refractivity contribution in [3.05, 3.63) is 65.7 Å². The lowest BCUT2D eigenvalue weighted by atomic mass is 10.2. The van der Waals surface area contributed by atoms with Gasteiger partial charge in [0.15, 0.2) is 5.75 Å². The van der Waals surface area contributed by atoms with Crippen LogP contribution in [0.3, 0.4) is 0 Å². The molecule has 0 saturated heterocycles. The molecule has 0 fully saturated rings. The van der Waals surface area contributed by atoms with Crippen molar-refractivity contribution in [1.82, 2.24) is 0 Å². The monoisotopic (exact) mass is 241 g/mol. The van der Waals surface area contributed by atoms with Crippen molar-refractivity contribution in [2.75, 3.05) is 0 Å². The molecule has 2 aromatic rings. The summed E-state index contributed by atoms with van der Waals surface area (Å²) in [6.45, 7) is 0. The van der Waals surface area contributed by atoms with E-state index in [1.807, 2.05) is 30.3 Å². The number of hydrogen-bond acceptors (Lipinski definition) is 3. The summed E-state index contributed by atoms with van der Waals surface area (Å²) in [5, 5.41) is 12.5. The van der Waals surface area contributed by atoms with E-state index in [1.54, 1.807) is 18.3 Å². The Kier molecular flexibility index (Phi) is 3.71. The highest BCUT2D eigenvalue weighted by Gasteiger charge is 2.01. The normalized spacial score (nSPS) is 10.4. The number of hydrogen-bond donors (Lipinski definition) is 1. The van der Waals surface area contributed by atoms with Gasteiger partial charge in [-0.3, -0.25) is 0 Å². The lowest BCUT2D eigenvalue weighted by Gasteiger charge is -1.98. The van der Waals surface area contributed by atoms with Crippen molar-refractivity contribution in [1.29, 1.82) is 0 Å². The standard InChI is InChI=1S/C14H11NO3/c16-14(17)12-6-8-13(9-7-12)18-15-10-11-4-2-1-3-5-11/h1-10H,(H,16,17)/b15-10-. The van der Waals surface area contributed by atoms with Crippen LogP contribution in [0.15, 0.2) is 59.8 Å². The Balaban J connectivity index is 1.98. The van der Waals surface area contributed by atoms with E-state index in [2.05, 4.69) is 5.16 Å². The van der Waals surface area contributed by atoms with Crippen LogP contribution in [0.4, 0.5) is 0 Å². The first kappa shape index (κ1) is 11.9. The van der Waals surface area contributed by atoms with Gasteiger partial charge in [0.05, 0.1) is 11.8 Å². The van der Waals surface area contributed by atoms with E-state index in [-0.39, 0.29) is 5.56 Å². The Morgan fingerprint density at radius 3 is 2.33 bits per heavy atom. The Hall–Kier alpha value is -2.62. The molecule has 0 aliphatic rings. The van der Waals surface area contributed by atoms with E-state index in [9.17, 15) is 4.79 Å². The summed E-state index contributed by atoms with van der Waals surface area (Å²) in [6, 6.07) is 15.6. The van der Waals surface area contributed by atoms with Crippen LogP contribution in [0.5, 0.6) is 5.75 Å². The maximum Gasteiger partial charge on any atom is 0.335 e. The lowest BCUT2D eigenvalue weighted by molar-refractivity contribution is 0.0697. The smallest absolute Gasteiger partial charge is 0.335 e. The minimum atomic E-state index is -0.964. The average Bonchev–Trinajstić information content (AvgIpc) is 2.40. The summed E-state index contributed by atoms with van der Waals surface area (Å²) in [5.74, 6) is -0.471. The molecule has 0 aliphatic carbocycles. The number of carboxylic acid groups (broad SMARTS) is 1. The van der Waals surface area contributed by atoms with Gasteiger partial charge in [-0.2, -0.15) is 0 Å². The average molecular weight is 241 g/mol. The SMILES string of the molecule is O=C(O)c1ccc(O/N=C\c2ccccc2)cc1. The van der Waals surface area contributed by atoms with E-state index in [0.717, 1.165) is 5.56 Å². The fourth-order valence-electron chi connectivity index (χ4n) is 1.35. The molecule has 0 radical (unpaired) electrons. The van der Waals surface area contributed by atoms with E-state index in [4.69, 9.17) is 9.94 Å². The van der Waals surface area contributed by atoms with E-state index >= 15 is 0 Å². The summed E-state index contributed by atoms with van der Waals surface area (Å²) in [5.41, 5.74) is 1.15. The van der Waals surface area contributed by atoms with E-state index < -0.39 is 5.97 Å². The number of carboxylic acids is 1. The predicted octanol–water partition coefficient (Wildman–Crippen LogP) is 2.80. The van der Waals surface area contributed by atoms with Gasteiger partial charge in [0, 0.05) is 0 Å². The molecule has 4 heteroatoms. The second-order valence-electron chi connectivity index (χ2n) is 3.57. The molecule has 0 spiro atoms. The van der Waals surface area contributed by atoms with Crippen molar-refractivity contribution in [2.24, 2.45) is 5.16 Å². The van der Waals surface area contributed by atoms with Crippen LogP contribution in [-0.4, -0.2) is 17.3 Å². The number of oxime groups is 1. The lowest BCUT2D eigenvalue weighted by Crippen LogP contribution is -1.95. The first-order chi connectivity index (χ1) is 8.75. The number of carbonyl (C=O) groups is 1. The summed E-state index contributed by atoms with van der Waals surface area (Å²) in [4.78, 5) is 15.8. The van der Waals surface area contributed by atoms with Gasteiger partial charge >= 0.3 is 5.97 Å². The van der Waals surface area contributed by atoms with E-state index in [0.29, 0.717) is 5.75 Å². The van der Waals surface area contributed by atoms with Crippen molar-refractivity contribution >= 4 is 12.2 Å². The van der Waals surface area contributed by atoms with Crippen LogP contribution in [0.2, 0.25) is 0 Å². The summed E-state index contributed by atoms with van der Waals surface area (Å²) < 4.78 is 0. The highest BCUT2D eigenvalue weighted by Crippen LogP contribution is 2.12. The molecule has 2 aromatic carbocycles. The minimum absolute atomic E-state index is 0.217. The number of nitrogens with zero attached hydrogens (tertiary/aromatic N) is 1. The fraction of sp³-hybridized carbons (Fsp3) is 0. The molecule has 18 heavy (non-hydrogen) atoms. The van der Waals surface area contributed by atoms with Gasteiger partial charge in [-0.1, -0.05) is 35.5 Å². The van der Waals surface area contributed by atoms with Crippen LogP contribution in [0.1, 0.15) is 15.9 Å². The molecule has 2 rings (SSSR count). The third kappa shape index (κ3) is 3.18. The summed E-state index contributed by atoms with van der Waals surface area (Å²) in [6.07, 6.45) is 1.59. The zero-order chi connectivity index (χ0) is 12.8. The maximum atomic E-state index is 10.6. The van der Waals surface area contributed by atoms with Gasteiger partial charge in [0.25, 0.3) is 0 Å². The third-order valence-electron chi connectivity index (χ3n) is 2.26. The largest absolute Gasteiger partial charge is 0.478 e. The predicted molar refractivity (Wildman–Crippen MR) is 68.1 cm³/mol. The zero-order valence-corrected chi connectivity index (χ0v) is 9.48. The Bertz CT molecular complexity index is 547. The molecule has 0 unspecified atom stereocenters. The quantitative estimate of drug-likeness (QED) is 0.661. The maximum absolute atomic E-state index is 10.6. The first-order valence-electron chi connectivity index (χ1n) is 5.34. The molecular formula is C14H11NO3. The van der Waals surface area contributed by atoms with E-state index in [1.165, 1.54) is 12.1 Å². The Morgan fingerprint density at radius 1 is 1.06 bits per heavy atom. The molecule has 4 nitrogen and oxygen atoms in total. The molecule has 90 valence electrons. The molecule has 0 aliphatic heterocycles. The van der Waals surface area contributed by atoms with Crippen LogP contribution in [0.25, 0.3) is 0 Å². The molecule has 0 aromatic heterocycles. The van der Waals surface area contributed by atoms with Gasteiger partial charge in [0.2, 0.25) is 0 Å². The van der Waals surface area contributed by atoms with Gasteiger partial charge in [-0.05, 0) is 29.8 Å². The highest BCUT2D eigenvalue weighted by atomic mass is 16.6. The minimum Gasteiger partial charge on any atom is -0.478 e. The summed E-state index contributed by atoms with van der Waals surface area (Å²) >= 11 is 0. The van der Waals surface area contributed by atoms with Crippen molar-refractivity contribution in [3.8, 4) is 5.75 Å². The Labute approximate surface area is 104 Å². The molecular weight excluding hydrogens is 230 g/mol. The Morgan fingerprint density at radius 2 is 1.72 bits per heavy atom. The first-order valence-corrected chi connectivity index (χ1v) is 5.34. The van der Waals surface area contributed by atoms with Gasteiger partial charge in [-0.25, -0.2) is 4.79 Å². The fourth-order valence-corrected chi connectivity index (χ4v) is 1.35. The molecule has 0 bridgehead atoms. The molecule has 0 amide bonds. The second kappa shape index (κ2) is 5.63. The third-order valence-corrected chi connectivity index (χ3v) is 2.26. The van der Waals surface area contributed by atoms with Crippen LogP contribution < -0.4 is 4.84 Å². The molecule has 0 heterocycles. The van der Waals surface area contributed by atoms with Gasteiger partial charge in [-0.15, -0.1) is 0 Å². The highest BCUT2D eigenvalue weighted by molar-refractivity contribution is 5.87. The van der Waals surface area contributed by atoms with Crippen molar-refractivity contribution < 1.29 is 14.7 Å². The van der Waals surface area contributed by atoms with Crippen LogP contribution in [0, 0.1) is 0 Å². The second-order valence-corrected chi connectivity index (χ2v) is 3.57. The van der Waals surface area contributed by atoms with Crippen LogP contribution in [-0.2, 0) is 0 Å². The molecule has 0 saturated carbocycles. The molecule has 0 atom stereocenters. The zero-order valence-electron chi connectivity index (χ0n) is 9.48. The molecule has 1 N–H and O–H groups in total. The topological polar surface area (TPSA) is 58.9 Å². The van der Waals surface area contributed by atoms with Gasteiger partial charge < -0.3 is 9.94 Å².